The van der Waals surface area contributed by atoms with E-state index in [4.69, 9.17) is 4.42 Å². The summed E-state index contributed by atoms with van der Waals surface area (Å²) in [6.07, 6.45) is -0.890. The number of aromatic nitrogens is 1. The number of carbonyl (C=O) groups is 2. The Labute approximate surface area is 241 Å². The number of rotatable bonds is 6. The summed E-state index contributed by atoms with van der Waals surface area (Å²) in [6.45, 7) is 6.93. The topological polar surface area (TPSA) is 136 Å². The normalized spacial score (nSPS) is 12.3. The third-order valence-corrected chi connectivity index (χ3v) is 7.33. The highest BCUT2D eigenvalue weighted by molar-refractivity contribution is 14.1. The SMILES string of the molecule is Cc1c(N(C(=O)O)C(C)(C)C)ccc2nc(NC(Cc3cc(I)c(O)c(I)c3)C(=O)N(C)C)oc(=O)c12. The van der Waals surface area contributed by atoms with Crippen molar-refractivity contribution in [3.8, 4) is 5.75 Å². The molecule has 1 aromatic heterocycles. The van der Waals surface area contributed by atoms with Crippen LogP contribution in [0.25, 0.3) is 10.9 Å². The number of amides is 2. The number of carboxylic acid groups (broad SMARTS) is 1. The zero-order chi connectivity index (χ0) is 27.8. The number of fused-ring (bicyclic) bond motifs is 1. The van der Waals surface area contributed by atoms with Crippen LogP contribution in [-0.4, -0.2) is 57.8 Å². The number of anilines is 2. The van der Waals surface area contributed by atoms with E-state index in [1.54, 1.807) is 66.1 Å². The average molecular weight is 734 g/mol. The Hall–Kier alpha value is -2.62. The number of nitrogens with zero attached hydrogens (tertiary/aromatic N) is 3. The van der Waals surface area contributed by atoms with Crippen LogP contribution >= 0.6 is 45.2 Å². The van der Waals surface area contributed by atoms with E-state index in [0.717, 1.165) is 5.56 Å². The highest BCUT2D eigenvalue weighted by Crippen LogP contribution is 2.32. The number of phenolic OH excluding ortho intramolecular Hbond substituents is 1. The predicted octanol–water partition coefficient (Wildman–Crippen LogP) is 4.81. The van der Waals surface area contributed by atoms with Gasteiger partial charge in [-0.05, 0) is 108 Å². The summed E-state index contributed by atoms with van der Waals surface area (Å²) >= 11 is 4.05. The Morgan fingerprint density at radius 2 is 1.76 bits per heavy atom. The van der Waals surface area contributed by atoms with Gasteiger partial charge in [0.2, 0.25) is 5.91 Å². The molecule has 2 aromatic carbocycles. The first-order chi connectivity index (χ1) is 17.1. The quantitative estimate of drug-likeness (QED) is 0.308. The third kappa shape index (κ3) is 6.27. The van der Waals surface area contributed by atoms with Crippen molar-refractivity contribution < 1.29 is 24.2 Å². The van der Waals surface area contributed by atoms with Gasteiger partial charge in [-0.3, -0.25) is 9.69 Å². The molecule has 12 heteroatoms. The van der Waals surface area contributed by atoms with E-state index >= 15 is 0 Å². The van der Waals surface area contributed by atoms with Crippen molar-refractivity contribution in [2.45, 2.75) is 45.7 Å². The fourth-order valence-electron chi connectivity index (χ4n) is 4.00. The van der Waals surface area contributed by atoms with Gasteiger partial charge in [0.15, 0.2) is 0 Å². The van der Waals surface area contributed by atoms with Crippen molar-refractivity contribution in [2.24, 2.45) is 0 Å². The Morgan fingerprint density at radius 3 is 2.27 bits per heavy atom. The number of hydrogen-bond acceptors (Lipinski definition) is 7. The summed E-state index contributed by atoms with van der Waals surface area (Å²) in [5, 5.41) is 23.0. The molecule has 0 radical (unpaired) electrons. The number of nitrogens with one attached hydrogen (secondary N) is 1. The van der Waals surface area contributed by atoms with Gasteiger partial charge in [-0.25, -0.2) is 9.59 Å². The summed E-state index contributed by atoms with van der Waals surface area (Å²) in [6, 6.07) is 5.81. The zero-order valence-corrected chi connectivity index (χ0v) is 25.5. The van der Waals surface area contributed by atoms with Gasteiger partial charge >= 0.3 is 11.7 Å². The summed E-state index contributed by atoms with van der Waals surface area (Å²) in [5.41, 5.74) is 0.457. The highest BCUT2D eigenvalue weighted by Gasteiger charge is 2.30. The van der Waals surface area contributed by atoms with Gasteiger partial charge in [-0.15, -0.1) is 0 Å². The van der Waals surface area contributed by atoms with Crippen molar-refractivity contribution in [1.82, 2.24) is 9.88 Å². The Kier molecular flexibility index (Phi) is 8.61. The maximum absolute atomic E-state index is 13.0. The minimum atomic E-state index is -1.14. The van der Waals surface area contributed by atoms with Crippen LogP contribution in [0.15, 0.2) is 33.5 Å². The van der Waals surface area contributed by atoms with Crippen LogP contribution < -0.4 is 15.8 Å². The first-order valence-corrected chi connectivity index (χ1v) is 13.4. The largest absolute Gasteiger partial charge is 0.506 e. The lowest BCUT2D eigenvalue weighted by atomic mass is 10.0. The number of aromatic hydroxyl groups is 1. The molecule has 1 unspecified atom stereocenters. The number of hydrogen-bond donors (Lipinski definition) is 3. The molecule has 0 saturated heterocycles. The van der Waals surface area contributed by atoms with Crippen molar-refractivity contribution in [3.05, 3.63) is 53.0 Å². The molecule has 0 saturated carbocycles. The van der Waals surface area contributed by atoms with E-state index in [2.05, 4.69) is 10.3 Å². The van der Waals surface area contributed by atoms with Crippen LogP contribution in [0.5, 0.6) is 5.75 Å². The molecule has 0 aliphatic carbocycles. The first-order valence-electron chi connectivity index (χ1n) is 11.2. The molecule has 0 aliphatic rings. The minimum absolute atomic E-state index is 0.126. The van der Waals surface area contributed by atoms with Gasteiger partial charge < -0.3 is 24.8 Å². The second kappa shape index (κ2) is 11.0. The standard InChI is InChI=1S/C25H28I2N4O6/c1-12-18(31(24(35)36)25(2,3)4)8-7-16-19(12)22(34)37-23(28-16)29-17(21(33)30(5)6)11-13-9-14(26)20(32)15(27)10-13/h7-10,17,32H,11H2,1-6H3,(H,28,29)(H,35,36). The molecule has 2 amide bonds. The van der Waals surface area contributed by atoms with Crippen molar-refractivity contribution in [3.63, 3.8) is 0 Å². The van der Waals surface area contributed by atoms with E-state index in [9.17, 15) is 24.6 Å². The minimum Gasteiger partial charge on any atom is -0.506 e. The van der Waals surface area contributed by atoms with E-state index in [0.29, 0.717) is 23.9 Å². The lowest BCUT2D eigenvalue weighted by Crippen LogP contribution is -2.45. The molecule has 198 valence electrons. The van der Waals surface area contributed by atoms with Crippen molar-refractivity contribution in [2.75, 3.05) is 24.3 Å². The number of aryl methyl sites for hydroxylation is 1. The fourth-order valence-corrected chi connectivity index (χ4v) is 5.89. The zero-order valence-electron chi connectivity index (χ0n) is 21.2. The number of benzene rings is 2. The second-order valence-electron chi connectivity index (χ2n) is 9.74. The molecule has 0 fully saturated rings. The predicted molar refractivity (Wildman–Crippen MR) is 159 cm³/mol. The molecule has 1 atom stereocenters. The molecule has 3 aromatic rings. The van der Waals surface area contributed by atoms with Crippen LogP contribution in [0.1, 0.15) is 31.9 Å². The van der Waals surface area contributed by atoms with Crippen LogP contribution in [-0.2, 0) is 11.2 Å². The molecular weight excluding hydrogens is 706 g/mol. The first kappa shape index (κ1) is 28.9. The summed E-state index contributed by atoms with van der Waals surface area (Å²) in [7, 11) is 3.25. The Bertz CT molecular complexity index is 1410. The average Bonchev–Trinajstić information content (AvgIpc) is 2.76. The summed E-state index contributed by atoms with van der Waals surface area (Å²) in [5.74, 6) is -0.0744. The molecule has 37 heavy (non-hydrogen) atoms. The second-order valence-corrected chi connectivity index (χ2v) is 12.1. The molecule has 0 aliphatic heterocycles. The molecule has 0 spiro atoms. The monoisotopic (exact) mass is 734 g/mol. The van der Waals surface area contributed by atoms with Crippen LogP contribution in [0.2, 0.25) is 0 Å². The molecule has 3 rings (SSSR count). The summed E-state index contributed by atoms with van der Waals surface area (Å²) in [4.78, 5) is 45.0. The summed E-state index contributed by atoms with van der Waals surface area (Å²) < 4.78 is 6.77. The van der Waals surface area contributed by atoms with Gasteiger partial charge in [-0.2, -0.15) is 4.98 Å². The van der Waals surface area contributed by atoms with Gasteiger partial charge in [0.1, 0.15) is 11.8 Å². The lowest BCUT2D eigenvalue weighted by Gasteiger charge is -2.34. The van der Waals surface area contributed by atoms with Crippen LogP contribution in [0.3, 0.4) is 0 Å². The molecule has 3 N–H and O–H groups in total. The Morgan fingerprint density at radius 1 is 1.16 bits per heavy atom. The highest BCUT2D eigenvalue weighted by atomic mass is 127. The van der Waals surface area contributed by atoms with Crippen molar-refractivity contribution in [1.29, 1.82) is 0 Å². The number of carbonyl (C=O) groups excluding carboxylic acids is 1. The molecule has 0 bridgehead atoms. The van der Waals surface area contributed by atoms with Crippen LogP contribution in [0, 0.1) is 14.1 Å². The molecular formula is C25H28I2N4O6. The van der Waals surface area contributed by atoms with Gasteiger partial charge in [-0.1, -0.05) is 0 Å². The van der Waals surface area contributed by atoms with Gasteiger partial charge in [0.25, 0.3) is 6.01 Å². The fraction of sp³-hybridized carbons (Fsp3) is 0.360. The van der Waals surface area contributed by atoms with Crippen molar-refractivity contribution >= 4 is 79.8 Å². The van der Waals surface area contributed by atoms with E-state index < -0.39 is 23.3 Å². The Balaban J connectivity index is 2.04. The lowest BCUT2D eigenvalue weighted by molar-refractivity contribution is -0.129. The van der Waals surface area contributed by atoms with Crippen LogP contribution in [0.4, 0.5) is 16.5 Å². The van der Waals surface area contributed by atoms with E-state index in [-0.39, 0.29) is 29.5 Å². The third-order valence-electron chi connectivity index (χ3n) is 5.69. The van der Waals surface area contributed by atoms with Gasteiger partial charge in [0, 0.05) is 26.1 Å². The maximum Gasteiger partial charge on any atom is 0.412 e. The van der Waals surface area contributed by atoms with E-state index in [1.165, 1.54) is 9.80 Å². The van der Waals surface area contributed by atoms with E-state index in [1.807, 2.05) is 45.2 Å². The molecule has 1 heterocycles. The number of phenols is 1. The molecule has 10 nitrogen and oxygen atoms in total. The number of likely N-dealkylation sites (N-methyl/N-ethyl adjacent to an activating group) is 1. The smallest absolute Gasteiger partial charge is 0.412 e. The van der Waals surface area contributed by atoms with Gasteiger partial charge in [0.05, 0.1) is 23.7 Å². The number of halogens is 2. The maximum atomic E-state index is 13.0.